The summed E-state index contributed by atoms with van der Waals surface area (Å²) >= 11 is 0. The quantitative estimate of drug-likeness (QED) is 0.862. The normalized spacial score (nSPS) is 9.83. The van der Waals surface area contributed by atoms with Crippen LogP contribution >= 0.6 is 0 Å². The van der Waals surface area contributed by atoms with Crippen LogP contribution in [0, 0.1) is 0 Å². The van der Waals surface area contributed by atoms with E-state index < -0.39 is 11.3 Å². The first kappa shape index (κ1) is 11.9. The Bertz CT molecular complexity index is 605. The van der Waals surface area contributed by atoms with Crippen LogP contribution in [0.1, 0.15) is 10.4 Å². The molecule has 0 radical (unpaired) electrons. The lowest BCUT2D eigenvalue weighted by atomic mass is 10.2. The van der Waals surface area contributed by atoms with Crippen molar-refractivity contribution in [2.24, 2.45) is 0 Å². The number of carbonyl (C=O) groups is 1. The highest BCUT2D eigenvalue weighted by molar-refractivity contribution is 6.04. The maximum Gasteiger partial charge on any atom is 0.261 e. The van der Waals surface area contributed by atoms with E-state index in [4.69, 9.17) is 4.74 Å². The Morgan fingerprint density at radius 1 is 1.22 bits per heavy atom. The lowest BCUT2D eigenvalue weighted by Gasteiger charge is -2.05. The van der Waals surface area contributed by atoms with Crippen LogP contribution in [0.25, 0.3) is 0 Å². The van der Waals surface area contributed by atoms with Gasteiger partial charge in [-0.15, -0.1) is 0 Å². The highest BCUT2D eigenvalue weighted by atomic mass is 16.5. The third kappa shape index (κ3) is 2.40. The van der Waals surface area contributed by atoms with Gasteiger partial charge in [-0.05, 0) is 12.1 Å². The van der Waals surface area contributed by atoms with E-state index in [2.05, 4.69) is 10.3 Å². The van der Waals surface area contributed by atoms with Crippen molar-refractivity contribution >= 4 is 11.6 Å². The Labute approximate surface area is 103 Å². The van der Waals surface area contributed by atoms with Crippen LogP contribution in [-0.4, -0.2) is 18.0 Å². The van der Waals surface area contributed by atoms with Crippen molar-refractivity contribution in [1.29, 1.82) is 0 Å². The molecule has 0 bridgehead atoms. The number of methoxy groups -OCH3 is 1. The number of aromatic nitrogens is 1. The lowest BCUT2D eigenvalue weighted by Crippen LogP contribution is -2.22. The Morgan fingerprint density at radius 3 is 2.61 bits per heavy atom. The average molecular weight is 244 g/mol. The molecular weight excluding hydrogens is 232 g/mol. The molecule has 0 atom stereocenters. The summed E-state index contributed by atoms with van der Waals surface area (Å²) in [6.45, 7) is 0. The van der Waals surface area contributed by atoms with Crippen molar-refractivity contribution in [3.63, 3.8) is 0 Å². The Balaban J connectivity index is 2.27. The van der Waals surface area contributed by atoms with Crippen LogP contribution in [-0.2, 0) is 0 Å². The maximum absolute atomic E-state index is 11.9. The van der Waals surface area contributed by atoms with E-state index in [0.29, 0.717) is 5.69 Å². The summed E-state index contributed by atoms with van der Waals surface area (Å²) in [6.07, 6.45) is 2.75. The second-order valence-electron chi connectivity index (χ2n) is 3.59. The van der Waals surface area contributed by atoms with Crippen molar-refractivity contribution < 1.29 is 9.53 Å². The van der Waals surface area contributed by atoms with E-state index in [1.165, 1.54) is 19.5 Å². The van der Waals surface area contributed by atoms with E-state index in [9.17, 15) is 9.59 Å². The fourth-order valence-electron chi connectivity index (χ4n) is 1.50. The van der Waals surface area contributed by atoms with E-state index in [-0.39, 0.29) is 11.3 Å². The molecule has 92 valence electrons. The number of ether oxygens (including phenoxy) is 1. The number of pyridine rings is 1. The molecule has 2 rings (SSSR count). The first-order valence-electron chi connectivity index (χ1n) is 5.34. The van der Waals surface area contributed by atoms with Gasteiger partial charge in [-0.3, -0.25) is 9.59 Å². The summed E-state index contributed by atoms with van der Waals surface area (Å²) in [6, 6.07) is 8.92. The van der Waals surface area contributed by atoms with Crippen molar-refractivity contribution in [1.82, 2.24) is 4.98 Å². The fourth-order valence-corrected chi connectivity index (χ4v) is 1.50. The standard InChI is InChI=1S/C13H12N2O3/c1-18-11-8-14-7-10(12(11)16)13(17)15-9-5-3-2-4-6-9/h2-8H,1H3,(H,14,16)(H,15,17). The molecule has 2 N–H and O–H groups in total. The Kier molecular flexibility index (Phi) is 3.43. The summed E-state index contributed by atoms with van der Waals surface area (Å²) in [5.74, 6) is -0.364. The number of nitrogens with one attached hydrogen (secondary N) is 2. The number of para-hydroxylation sites is 1. The molecule has 0 fully saturated rings. The summed E-state index contributed by atoms with van der Waals surface area (Å²) in [7, 11) is 1.38. The lowest BCUT2D eigenvalue weighted by molar-refractivity contribution is 0.102. The molecule has 0 spiro atoms. The molecule has 0 saturated carbocycles. The fraction of sp³-hybridized carbons (Fsp3) is 0.0769. The van der Waals surface area contributed by atoms with Gasteiger partial charge in [0.15, 0.2) is 5.75 Å². The number of rotatable bonds is 3. The molecule has 2 aromatic rings. The number of benzene rings is 1. The second kappa shape index (κ2) is 5.18. The zero-order valence-electron chi connectivity index (χ0n) is 9.77. The van der Waals surface area contributed by atoms with Gasteiger partial charge in [-0.1, -0.05) is 18.2 Å². The van der Waals surface area contributed by atoms with Crippen LogP contribution in [0.4, 0.5) is 5.69 Å². The van der Waals surface area contributed by atoms with Gasteiger partial charge in [-0.25, -0.2) is 0 Å². The minimum absolute atomic E-state index is 0.0122. The topological polar surface area (TPSA) is 71.2 Å². The zero-order chi connectivity index (χ0) is 13.0. The van der Waals surface area contributed by atoms with Gasteiger partial charge in [0.05, 0.1) is 7.11 Å². The highest BCUT2D eigenvalue weighted by Gasteiger charge is 2.13. The third-order valence-corrected chi connectivity index (χ3v) is 2.41. The van der Waals surface area contributed by atoms with Crippen molar-refractivity contribution in [2.75, 3.05) is 12.4 Å². The smallest absolute Gasteiger partial charge is 0.261 e. The molecule has 1 amide bonds. The molecule has 0 aliphatic carbocycles. The van der Waals surface area contributed by atoms with Gasteiger partial charge in [0.25, 0.3) is 5.91 Å². The van der Waals surface area contributed by atoms with Gasteiger partial charge in [0.1, 0.15) is 5.56 Å². The van der Waals surface area contributed by atoms with E-state index in [1.54, 1.807) is 24.3 Å². The van der Waals surface area contributed by atoms with Gasteiger partial charge in [0, 0.05) is 18.1 Å². The van der Waals surface area contributed by atoms with Gasteiger partial charge in [-0.2, -0.15) is 0 Å². The molecular formula is C13H12N2O3. The minimum atomic E-state index is -0.471. The Hall–Kier alpha value is -2.56. The molecule has 18 heavy (non-hydrogen) atoms. The molecule has 1 aromatic heterocycles. The highest BCUT2D eigenvalue weighted by Crippen LogP contribution is 2.08. The largest absolute Gasteiger partial charge is 0.491 e. The Morgan fingerprint density at radius 2 is 1.94 bits per heavy atom. The second-order valence-corrected chi connectivity index (χ2v) is 3.59. The van der Waals surface area contributed by atoms with Gasteiger partial charge >= 0.3 is 0 Å². The molecule has 0 aliphatic heterocycles. The van der Waals surface area contributed by atoms with Crippen LogP contribution in [0.5, 0.6) is 5.75 Å². The monoisotopic (exact) mass is 244 g/mol. The van der Waals surface area contributed by atoms with Crippen LogP contribution in [0.3, 0.4) is 0 Å². The molecule has 5 heteroatoms. The van der Waals surface area contributed by atoms with Gasteiger partial charge in [0.2, 0.25) is 5.43 Å². The number of amides is 1. The predicted octanol–water partition coefficient (Wildman–Crippen LogP) is 1.64. The van der Waals surface area contributed by atoms with E-state index in [0.717, 1.165) is 0 Å². The minimum Gasteiger partial charge on any atom is -0.491 e. The van der Waals surface area contributed by atoms with Crippen molar-refractivity contribution in [2.45, 2.75) is 0 Å². The third-order valence-electron chi connectivity index (χ3n) is 2.41. The van der Waals surface area contributed by atoms with Gasteiger partial charge < -0.3 is 15.0 Å². The number of carbonyl (C=O) groups excluding carboxylic acids is 1. The van der Waals surface area contributed by atoms with Crippen molar-refractivity contribution in [3.8, 4) is 5.75 Å². The molecule has 0 unspecified atom stereocenters. The average Bonchev–Trinajstić information content (AvgIpc) is 2.40. The van der Waals surface area contributed by atoms with Crippen molar-refractivity contribution in [3.05, 3.63) is 58.5 Å². The summed E-state index contributed by atoms with van der Waals surface area (Å²) in [5.41, 5.74) is 0.201. The first-order valence-corrected chi connectivity index (χ1v) is 5.34. The SMILES string of the molecule is COc1c[nH]cc(C(=O)Nc2ccccc2)c1=O. The summed E-state index contributed by atoms with van der Waals surface area (Å²) in [5, 5.41) is 2.64. The van der Waals surface area contributed by atoms with Crippen LogP contribution in [0.15, 0.2) is 47.5 Å². The molecule has 1 heterocycles. The van der Waals surface area contributed by atoms with Crippen LogP contribution < -0.4 is 15.5 Å². The molecule has 5 nitrogen and oxygen atoms in total. The summed E-state index contributed by atoms with van der Waals surface area (Å²) < 4.78 is 4.86. The molecule has 1 aromatic carbocycles. The number of hydrogen-bond acceptors (Lipinski definition) is 3. The zero-order valence-corrected chi connectivity index (χ0v) is 9.77. The van der Waals surface area contributed by atoms with E-state index >= 15 is 0 Å². The number of H-pyrrole nitrogens is 1. The van der Waals surface area contributed by atoms with Crippen LogP contribution in [0.2, 0.25) is 0 Å². The molecule has 0 saturated heterocycles. The first-order chi connectivity index (χ1) is 8.72. The maximum atomic E-state index is 11.9. The number of aromatic amines is 1. The van der Waals surface area contributed by atoms with E-state index in [1.807, 2.05) is 6.07 Å². The number of anilines is 1. The predicted molar refractivity (Wildman–Crippen MR) is 68.0 cm³/mol. The summed E-state index contributed by atoms with van der Waals surface area (Å²) in [4.78, 5) is 26.4. The molecule has 0 aliphatic rings. The number of hydrogen-bond donors (Lipinski definition) is 2.